The van der Waals surface area contributed by atoms with E-state index in [-0.39, 0.29) is 5.91 Å². The first-order chi connectivity index (χ1) is 12.8. The zero-order chi connectivity index (χ0) is 17.8. The van der Waals surface area contributed by atoms with E-state index < -0.39 is 0 Å². The first-order valence-electron chi connectivity index (χ1n) is 8.61. The van der Waals surface area contributed by atoms with Gasteiger partial charge in [0.05, 0.1) is 6.20 Å². The number of hydrogen-bond acceptors (Lipinski definition) is 5. The number of carbonyl (C=O) groups excluding carboxylic acids is 1. The second-order valence-corrected chi connectivity index (χ2v) is 6.20. The van der Waals surface area contributed by atoms with Gasteiger partial charge in [-0.05, 0) is 23.6 Å². The first kappa shape index (κ1) is 16.2. The Hall–Kier alpha value is -3.28. The van der Waals surface area contributed by atoms with Crippen molar-refractivity contribution >= 4 is 11.7 Å². The number of carbonyl (C=O) groups is 1. The molecule has 1 aromatic carbocycles. The number of rotatable bonds is 4. The van der Waals surface area contributed by atoms with Gasteiger partial charge in [-0.3, -0.25) is 9.78 Å². The van der Waals surface area contributed by atoms with E-state index in [0.29, 0.717) is 12.2 Å². The molecule has 1 amide bonds. The van der Waals surface area contributed by atoms with Crippen LogP contribution in [0, 0.1) is 0 Å². The number of hydrogen-bond donors (Lipinski definition) is 1. The highest BCUT2D eigenvalue weighted by molar-refractivity contribution is 5.91. The van der Waals surface area contributed by atoms with Crippen LogP contribution < -0.4 is 10.2 Å². The summed E-state index contributed by atoms with van der Waals surface area (Å²) in [5, 5.41) is 2.91. The molecule has 0 spiro atoms. The van der Waals surface area contributed by atoms with Crippen molar-refractivity contribution in [2.45, 2.75) is 19.5 Å². The van der Waals surface area contributed by atoms with Crippen LogP contribution in [0.15, 0.2) is 61.2 Å². The Kier molecular flexibility index (Phi) is 4.55. The molecule has 0 unspecified atom stereocenters. The summed E-state index contributed by atoms with van der Waals surface area (Å²) in [6.07, 6.45) is 7.31. The summed E-state index contributed by atoms with van der Waals surface area (Å²) in [7, 11) is 0. The highest BCUT2D eigenvalue weighted by Gasteiger charge is 2.19. The van der Waals surface area contributed by atoms with Crippen LogP contribution in [0.4, 0.5) is 5.82 Å². The number of benzene rings is 1. The van der Waals surface area contributed by atoms with Gasteiger partial charge in [-0.1, -0.05) is 30.3 Å². The van der Waals surface area contributed by atoms with Gasteiger partial charge in [0.25, 0.3) is 5.91 Å². The van der Waals surface area contributed by atoms with E-state index in [1.807, 2.05) is 12.1 Å². The average molecular weight is 345 g/mol. The molecule has 6 heteroatoms. The quantitative estimate of drug-likeness (QED) is 0.786. The summed E-state index contributed by atoms with van der Waals surface area (Å²) in [5.41, 5.74) is 4.03. The van der Waals surface area contributed by atoms with Crippen LogP contribution in [-0.4, -0.2) is 27.4 Å². The van der Waals surface area contributed by atoms with Crippen LogP contribution >= 0.6 is 0 Å². The number of fused-ring (bicyclic) bond motifs is 1. The summed E-state index contributed by atoms with van der Waals surface area (Å²) in [4.78, 5) is 27.0. The van der Waals surface area contributed by atoms with Crippen molar-refractivity contribution in [1.82, 2.24) is 20.3 Å². The lowest BCUT2D eigenvalue weighted by molar-refractivity contribution is 0.0945. The third kappa shape index (κ3) is 3.39. The predicted molar refractivity (Wildman–Crippen MR) is 98.6 cm³/mol. The van der Waals surface area contributed by atoms with Gasteiger partial charge >= 0.3 is 0 Å². The molecule has 0 aliphatic carbocycles. The van der Waals surface area contributed by atoms with Crippen LogP contribution in [0.1, 0.15) is 27.2 Å². The Bertz CT molecular complexity index is 913. The Labute approximate surface area is 151 Å². The smallest absolute Gasteiger partial charge is 0.271 e. The van der Waals surface area contributed by atoms with Gasteiger partial charge in [-0.25, -0.2) is 9.97 Å². The molecule has 2 aromatic heterocycles. The van der Waals surface area contributed by atoms with Gasteiger partial charge < -0.3 is 10.2 Å². The molecule has 130 valence electrons. The van der Waals surface area contributed by atoms with E-state index in [4.69, 9.17) is 0 Å². The van der Waals surface area contributed by atoms with E-state index in [1.54, 1.807) is 12.4 Å². The van der Waals surface area contributed by atoms with Crippen LogP contribution in [0.5, 0.6) is 0 Å². The number of nitrogens with one attached hydrogen (secondary N) is 1. The minimum Gasteiger partial charge on any atom is -0.352 e. The Morgan fingerprint density at radius 1 is 1.04 bits per heavy atom. The van der Waals surface area contributed by atoms with Crippen molar-refractivity contribution in [1.29, 1.82) is 0 Å². The van der Waals surface area contributed by atoms with E-state index >= 15 is 0 Å². The maximum atomic E-state index is 12.2. The molecule has 1 N–H and O–H groups in total. The fourth-order valence-corrected chi connectivity index (χ4v) is 3.21. The second-order valence-electron chi connectivity index (χ2n) is 6.20. The molecule has 0 atom stereocenters. The molecule has 26 heavy (non-hydrogen) atoms. The van der Waals surface area contributed by atoms with Crippen LogP contribution in [-0.2, 0) is 19.5 Å². The molecule has 3 heterocycles. The third-order valence-corrected chi connectivity index (χ3v) is 4.53. The Morgan fingerprint density at radius 2 is 1.92 bits per heavy atom. The third-order valence-electron chi connectivity index (χ3n) is 4.53. The van der Waals surface area contributed by atoms with E-state index in [1.165, 1.54) is 23.5 Å². The normalized spacial score (nSPS) is 13.2. The second kappa shape index (κ2) is 7.31. The molecular formula is C20H19N5O. The number of nitrogens with zero attached hydrogens (tertiary/aromatic N) is 4. The van der Waals surface area contributed by atoms with Crippen molar-refractivity contribution in [2.75, 3.05) is 11.4 Å². The number of anilines is 1. The SMILES string of the molecule is O=C(NCc1cccnc1N1CCc2ccccc2C1)c1cnccn1. The van der Waals surface area contributed by atoms with Gasteiger partial charge in [0.15, 0.2) is 0 Å². The number of aromatic nitrogens is 3. The molecule has 1 aliphatic rings. The van der Waals surface area contributed by atoms with E-state index in [9.17, 15) is 4.79 Å². The molecule has 0 bridgehead atoms. The van der Waals surface area contributed by atoms with Gasteiger partial charge in [0, 0.05) is 43.8 Å². The van der Waals surface area contributed by atoms with Gasteiger partial charge in [0.1, 0.15) is 11.5 Å². The average Bonchev–Trinajstić information content (AvgIpc) is 2.72. The monoisotopic (exact) mass is 345 g/mol. The maximum Gasteiger partial charge on any atom is 0.271 e. The highest BCUT2D eigenvalue weighted by Crippen LogP contribution is 2.25. The Morgan fingerprint density at radius 3 is 2.77 bits per heavy atom. The molecule has 3 aromatic rings. The lowest BCUT2D eigenvalue weighted by atomic mass is 9.99. The molecule has 0 fully saturated rings. The van der Waals surface area contributed by atoms with Crippen molar-refractivity contribution in [3.8, 4) is 0 Å². The largest absolute Gasteiger partial charge is 0.352 e. The van der Waals surface area contributed by atoms with Crippen LogP contribution in [0.3, 0.4) is 0 Å². The minimum absolute atomic E-state index is 0.239. The molecule has 0 saturated carbocycles. The van der Waals surface area contributed by atoms with Gasteiger partial charge in [-0.15, -0.1) is 0 Å². The van der Waals surface area contributed by atoms with Gasteiger partial charge in [0.2, 0.25) is 0 Å². The van der Waals surface area contributed by atoms with Crippen molar-refractivity contribution < 1.29 is 4.79 Å². The molecule has 4 rings (SSSR count). The summed E-state index contributed by atoms with van der Waals surface area (Å²) in [6, 6.07) is 12.4. The minimum atomic E-state index is -0.239. The van der Waals surface area contributed by atoms with Gasteiger partial charge in [-0.2, -0.15) is 0 Å². The molecule has 0 saturated heterocycles. The molecular weight excluding hydrogens is 326 g/mol. The fourth-order valence-electron chi connectivity index (χ4n) is 3.21. The topological polar surface area (TPSA) is 71.0 Å². The highest BCUT2D eigenvalue weighted by atomic mass is 16.1. The zero-order valence-electron chi connectivity index (χ0n) is 14.3. The standard InChI is InChI=1S/C20H19N5O/c26-20(18-13-21-9-10-22-18)24-12-16-6-3-8-23-19(16)25-11-7-15-4-1-2-5-17(15)14-25/h1-6,8-10,13H,7,11-12,14H2,(H,24,26). The lowest BCUT2D eigenvalue weighted by Crippen LogP contribution is -2.33. The van der Waals surface area contributed by atoms with E-state index in [0.717, 1.165) is 30.9 Å². The fraction of sp³-hybridized carbons (Fsp3) is 0.200. The summed E-state index contributed by atoms with van der Waals surface area (Å²) >= 11 is 0. The molecule has 0 radical (unpaired) electrons. The first-order valence-corrected chi connectivity index (χ1v) is 8.61. The summed E-state index contributed by atoms with van der Waals surface area (Å²) in [6.45, 7) is 2.15. The van der Waals surface area contributed by atoms with Crippen LogP contribution in [0.2, 0.25) is 0 Å². The predicted octanol–water partition coefficient (Wildman–Crippen LogP) is 2.36. The number of amides is 1. The maximum absolute atomic E-state index is 12.2. The molecule has 6 nitrogen and oxygen atoms in total. The zero-order valence-corrected chi connectivity index (χ0v) is 14.3. The van der Waals surface area contributed by atoms with Crippen LogP contribution in [0.25, 0.3) is 0 Å². The summed E-state index contributed by atoms with van der Waals surface area (Å²) < 4.78 is 0. The van der Waals surface area contributed by atoms with E-state index in [2.05, 4.69) is 49.4 Å². The van der Waals surface area contributed by atoms with Crippen molar-refractivity contribution in [2.24, 2.45) is 0 Å². The molecule has 1 aliphatic heterocycles. The summed E-state index contributed by atoms with van der Waals surface area (Å²) in [5.74, 6) is 0.679. The Balaban J connectivity index is 1.50. The van der Waals surface area contributed by atoms with Crippen molar-refractivity contribution in [3.05, 3.63) is 83.6 Å². The van der Waals surface area contributed by atoms with Crippen molar-refractivity contribution in [3.63, 3.8) is 0 Å². The lowest BCUT2D eigenvalue weighted by Gasteiger charge is -2.31. The number of pyridine rings is 1.